The molecular formula is C29H37IN4O6. The highest BCUT2D eigenvalue weighted by Gasteiger charge is 2.28. The molecule has 11 heteroatoms. The molecule has 2 aromatic carbocycles. The second-order valence-electron chi connectivity index (χ2n) is 9.73. The number of carbonyl (C=O) groups excluding carboxylic acids is 5. The van der Waals surface area contributed by atoms with Crippen LogP contribution in [-0.2, 0) is 32.1 Å². The number of alkyl halides is 1. The second kappa shape index (κ2) is 16.7. The molecule has 2 atom stereocenters. The van der Waals surface area contributed by atoms with Gasteiger partial charge in [0.2, 0.25) is 11.8 Å². The third kappa shape index (κ3) is 11.0. The Labute approximate surface area is 248 Å². The number of rotatable bonds is 15. The minimum atomic E-state index is -0.840. The topological polar surface area (TPSA) is 157 Å². The van der Waals surface area contributed by atoms with E-state index in [1.165, 1.54) is 0 Å². The molecule has 0 aliphatic carbocycles. The van der Waals surface area contributed by atoms with Crippen LogP contribution in [0.4, 0.5) is 10.5 Å². The Balaban J connectivity index is 1.90. The van der Waals surface area contributed by atoms with Crippen molar-refractivity contribution in [3.63, 3.8) is 0 Å². The van der Waals surface area contributed by atoms with E-state index < -0.39 is 24.0 Å². The van der Waals surface area contributed by atoms with Crippen molar-refractivity contribution in [3.05, 3.63) is 65.2 Å². The van der Waals surface area contributed by atoms with Crippen LogP contribution in [0.25, 0.3) is 0 Å². The second-order valence-corrected chi connectivity index (χ2v) is 10.5. The van der Waals surface area contributed by atoms with Crippen LogP contribution in [0.3, 0.4) is 0 Å². The van der Waals surface area contributed by atoms with E-state index in [0.717, 1.165) is 11.1 Å². The van der Waals surface area contributed by atoms with Gasteiger partial charge in [-0.2, -0.15) is 0 Å². The van der Waals surface area contributed by atoms with Gasteiger partial charge in [-0.25, -0.2) is 4.79 Å². The molecule has 0 aliphatic heterocycles. The predicted molar refractivity (Wildman–Crippen MR) is 161 cm³/mol. The number of ketones is 2. The van der Waals surface area contributed by atoms with E-state index in [0.29, 0.717) is 35.2 Å². The minimum absolute atomic E-state index is 0.00234. The lowest BCUT2D eigenvalue weighted by molar-refractivity contribution is -0.130. The number of anilines is 1. The summed E-state index contributed by atoms with van der Waals surface area (Å²) in [6.07, 6.45) is -0.245. The van der Waals surface area contributed by atoms with Crippen molar-refractivity contribution < 1.29 is 28.7 Å². The fourth-order valence-corrected chi connectivity index (χ4v) is 4.00. The zero-order valence-corrected chi connectivity index (χ0v) is 25.2. The molecule has 10 nitrogen and oxygen atoms in total. The first-order chi connectivity index (χ1) is 19.0. The van der Waals surface area contributed by atoms with Crippen LogP contribution in [-0.4, -0.2) is 53.0 Å². The molecule has 0 saturated heterocycles. The molecule has 3 amide bonds. The van der Waals surface area contributed by atoms with Crippen LogP contribution >= 0.6 is 22.6 Å². The fraction of sp³-hybridized carbons (Fsp3) is 0.414. The number of hydrogen-bond acceptors (Lipinski definition) is 7. The van der Waals surface area contributed by atoms with Gasteiger partial charge in [-0.15, -0.1) is 0 Å². The third-order valence-corrected chi connectivity index (χ3v) is 6.98. The number of hydrogen-bond donors (Lipinski definition) is 4. The van der Waals surface area contributed by atoms with Gasteiger partial charge in [0.1, 0.15) is 18.4 Å². The van der Waals surface area contributed by atoms with Crippen molar-refractivity contribution >= 4 is 57.8 Å². The van der Waals surface area contributed by atoms with Gasteiger partial charge in [0, 0.05) is 43.1 Å². The minimum Gasteiger partial charge on any atom is -0.445 e. The molecule has 0 saturated carbocycles. The molecule has 0 fully saturated rings. The van der Waals surface area contributed by atoms with E-state index in [4.69, 9.17) is 10.5 Å². The number of nitrogens with two attached hydrogens (primary N) is 1. The van der Waals surface area contributed by atoms with E-state index in [1.807, 2.05) is 36.4 Å². The lowest BCUT2D eigenvalue weighted by atomic mass is 9.87. The van der Waals surface area contributed by atoms with Crippen LogP contribution in [0.5, 0.6) is 0 Å². The maximum Gasteiger partial charge on any atom is 0.407 e. The SMILES string of the molecule is CC(C)[C@H](CC(=O)c1ccc(CC(=O)CI)cc1)C(=O)N[C@@H](C)C(=O)Nc1ccc(COC(=O)NCCN)cc1. The van der Waals surface area contributed by atoms with Crippen molar-refractivity contribution in [1.82, 2.24) is 10.6 Å². The van der Waals surface area contributed by atoms with E-state index in [1.54, 1.807) is 55.5 Å². The Bertz CT molecular complexity index is 1170. The number of Topliss-reactive ketones (excluding diaryl/α,β-unsaturated/α-hetero) is 2. The van der Waals surface area contributed by atoms with E-state index in [9.17, 15) is 24.0 Å². The Hall–Kier alpha value is -3.32. The van der Waals surface area contributed by atoms with Gasteiger partial charge < -0.3 is 26.4 Å². The number of nitrogens with one attached hydrogen (secondary N) is 3. The standard InChI is InChI=1S/C29H37IN4O6/c1-18(2)25(15-26(36)22-8-4-20(5-9-22)14-24(35)16-30)28(38)33-19(3)27(37)34-23-10-6-21(7-11-23)17-40-29(39)32-13-12-31/h4-11,18-19,25H,12-17,31H2,1-3H3,(H,32,39)(H,33,38)(H,34,37)/t19-,25-/m0/s1. The smallest absolute Gasteiger partial charge is 0.407 e. The quantitative estimate of drug-likeness (QED) is 0.129. The first kappa shape index (κ1) is 32.9. The van der Waals surface area contributed by atoms with Crippen LogP contribution in [0, 0.1) is 11.8 Å². The summed E-state index contributed by atoms with van der Waals surface area (Å²) in [6.45, 7) is 5.99. The first-order valence-electron chi connectivity index (χ1n) is 13.0. The van der Waals surface area contributed by atoms with Crippen molar-refractivity contribution in [2.24, 2.45) is 17.6 Å². The lowest BCUT2D eigenvalue weighted by Crippen LogP contribution is -2.45. The zero-order chi connectivity index (χ0) is 29.7. The van der Waals surface area contributed by atoms with Gasteiger partial charge in [-0.05, 0) is 36.1 Å². The molecule has 0 aliphatic rings. The summed E-state index contributed by atoms with van der Waals surface area (Å²) >= 11 is 2.02. The molecule has 0 heterocycles. The zero-order valence-electron chi connectivity index (χ0n) is 23.0. The highest BCUT2D eigenvalue weighted by Crippen LogP contribution is 2.20. The summed E-state index contributed by atoms with van der Waals surface area (Å²) < 4.78 is 5.51. The summed E-state index contributed by atoms with van der Waals surface area (Å²) in [5.74, 6) is -1.62. The number of ether oxygens (including phenoxy) is 1. The number of amides is 3. The van der Waals surface area contributed by atoms with Crippen LogP contribution in [0.15, 0.2) is 48.5 Å². The van der Waals surface area contributed by atoms with Gasteiger partial charge in [0.25, 0.3) is 0 Å². The molecule has 0 bridgehead atoms. The molecule has 0 spiro atoms. The Morgan fingerprint density at radius 1 is 0.900 bits per heavy atom. The molecular weight excluding hydrogens is 627 g/mol. The average Bonchev–Trinajstić information content (AvgIpc) is 2.94. The van der Waals surface area contributed by atoms with Gasteiger partial charge in [0.15, 0.2) is 5.78 Å². The fourth-order valence-electron chi connectivity index (χ4n) is 3.73. The molecule has 2 rings (SSSR count). The van der Waals surface area contributed by atoms with Crippen molar-refractivity contribution in [1.29, 1.82) is 0 Å². The van der Waals surface area contributed by atoms with Crippen LogP contribution < -0.4 is 21.7 Å². The van der Waals surface area contributed by atoms with Gasteiger partial charge in [-0.1, -0.05) is 72.8 Å². The summed E-state index contributed by atoms with van der Waals surface area (Å²) in [4.78, 5) is 61.8. The summed E-state index contributed by atoms with van der Waals surface area (Å²) in [5.41, 5.74) is 7.88. The summed E-state index contributed by atoms with van der Waals surface area (Å²) in [6, 6.07) is 12.8. The highest BCUT2D eigenvalue weighted by molar-refractivity contribution is 14.1. The normalized spacial score (nSPS) is 12.2. The van der Waals surface area contributed by atoms with E-state index in [2.05, 4.69) is 16.0 Å². The van der Waals surface area contributed by atoms with Crippen LogP contribution in [0.1, 0.15) is 48.7 Å². The third-order valence-electron chi connectivity index (χ3n) is 6.13. The van der Waals surface area contributed by atoms with E-state index >= 15 is 0 Å². The molecule has 2 aromatic rings. The molecule has 216 valence electrons. The molecule has 0 unspecified atom stereocenters. The number of alkyl carbamates (subject to hydrolysis) is 1. The van der Waals surface area contributed by atoms with Crippen LogP contribution in [0.2, 0.25) is 0 Å². The van der Waals surface area contributed by atoms with E-state index in [-0.39, 0.29) is 36.4 Å². The summed E-state index contributed by atoms with van der Waals surface area (Å²) in [5, 5.41) is 7.97. The number of benzene rings is 2. The number of carbonyl (C=O) groups is 5. The number of halogens is 1. The monoisotopic (exact) mass is 664 g/mol. The van der Waals surface area contributed by atoms with Crippen molar-refractivity contribution in [3.8, 4) is 0 Å². The lowest BCUT2D eigenvalue weighted by Gasteiger charge is -2.22. The predicted octanol–water partition coefficient (Wildman–Crippen LogP) is 3.41. The largest absolute Gasteiger partial charge is 0.445 e. The Morgan fingerprint density at radius 3 is 2.10 bits per heavy atom. The van der Waals surface area contributed by atoms with Crippen molar-refractivity contribution in [2.45, 2.75) is 46.3 Å². The van der Waals surface area contributed by atoms with Gasteiger partial charge >= 0.3 is 6.09 Å². The van der Waals surface area contributed by atoms with Crippen molar-refractivity contribution in [2.75, 3.05) is 22.8 Å². The molecule has 40 heavy (non-hydrogen) atoms. The van der Waals surface area contributed by atoms with Gasteiger partial charge in [-0.3, -0.25) is 19.2 Å². The average molecular weight is 665 g/mol. The van der Waals surface area contributed by atoms with Gasteiger partial charge in [0.05, 0.1) is 4.43 Å². The molecule has 0 aromatic heterocycles. The highest BCUT2D eigenvalue weighted by atomic mass is 127. The molecule has 5 N–H and O–H groups in total. The first-order valence-corrected chi connectivity index (χ1v) is 14.6. The molecule has 0 radical (unpaired) electrons. The Kier molecular flexibility index (Phi) is 13.7. The summed E-state index contributed by atoms with van der Waals surface area (Å²) in [7, 11) is 0. The maximum absolute atomic E-state index is 13.0. The Morgan fingerprint density at radius 2 is 1.52 bits per heavy atom. The maximum atomic E-state index is 13.0.